The first-order chi connectivity index (χ1) is 12.9. The Balaban J connectivity index is 2.34. The van der Waals surface area contributed by atoms with E-state index in [1.165, 1.54) is 0 Å². The Morgan fingerprint density at radius 2 is 1.79 bits per heavy atom. The third kappa shape index (κ3) is 4.91. The highest BCUT2D eigenvalue weighted by Gasteiger charge is 2.25. The monoisotopic (exact) mass is 389 g/mol. The van der Waals surface area contributed by atoms with Gasteiger partial charge in [-0.15, -0.1) is 0 Å². The Kier molecular flexibility index (Phi) is 6.17. The number of fused-ring (bicyclic) bond motifs is 1. The number of ether oxygens (including phenoxy) is 2. The van der Waals surface area contributed by atoms with Gasteiger partial charge in [-0.3, -0.25) is 0 Å². The second-order valence-corrected chi connectivity index (χ2v) is 7.80. The van der Waals surface area contributed by atoms with Gasteiger partial charge in [0.25, 0.3) is 0 Å². The molecule has 0 aliphatic heterocycles. The molecule has 2 aromatic rings. The highest BCUT2D eigenvalue weighted by Crippen LogP contribution is 2.31. The number of carbonyl (C=O) groups excluding carboxylic acids is 2. The van der Waals surface area contributed by atoms with Crippen molar-refractivity contribution in [2.24, 2.45) is 0 Å². The molecule has 1 atom stereocenters. The van der Waals surface area contributed by atoms with Gasteiger partial charge in [0, 0.05) is 5.56 Å². The van der Waals surface area contributed by atoms with Gasteiger partial charge in [0.2, 0.25) is 0 Å². The van der Waals surface area contributed by atoms with E-state index in [1.54, 1.807) is 53.7 Å². The van der Waals surface area contributed by atoms with Gasteiger partial charge in [0.05, 0.1) is 5.39 Å². The summed E-state index contributed by atoms with van der Waals surface area (Å²) in [5, 5.41) is 3.09. The summed E-state index contributed by atoms with van der Waals surface area (Å²) in [6.07, 6.45) is -0.363. The van der Waals surface area contributed by atoms with Crippen molar-refractivity contribution in [3.8, 4) is 5.75 Å². The number of aryl methyl sites for hydroxylation is 2. The summed E-state index contributed by atoms with van der Waals surface area (Å²) in [6, 6.07) is 2.55. The van der Waals surface area contributed by atoms with Crippen molar-refractivity contribution in [1.29, 1.82) is 0 Å². The average molecular weight is 389 g/mol. The fourth-order valence-corrected chi connectivity index (χ4v) is 2.73. The van der Waals surface area contributed by atoms with Crippen LogP contribution in [0.25, 0.3) is 11.0 Å². The first kappa shape index (κ1) is 21.5. The van der Waals surface area contributed by atoms with Crippen molar-refractivity contribution >= 4 is 23.0 Å². The maximum absolute atomic E-state index is 12.7. The third-order valence-electron chi connectivity index (χ3n) is 4.25. The second-order valence-electron chi connectivity index (χ2n) is 7.80. The molecule has 2 rings (SSSR count). The topological polar surface area (TPSA) is 94.8 Å². The second kappa shape index (κ2) is 8.04. The highest BCUT2D eigenvalue weighted by atomic mass is 16.6. The number of hydrogen-bond donors (Lipinski definition) is 1. The van der Waals surface area contributed by atoms with E-state index in [2.05, 4.69) is 5.32 Å². The van der Waals surface area contributed by atoms with Crippen LogP contribution in [0.4, 0.5) is 4.79 Å². The van der Waals surface area contributed by atoms with Gasteiger partial charge in [-0.25, -0.2) is 14.4 Å². The molecule has 1 heterocycles. The maximum atomic E-state index is 12.7. The van der Waals surface area contributed by atoms with Crippen LogP contribution in [0, 0.1) is 20.8 Å². The van der Waals surface area contributed by atoms with Crippen LogP contribution < -0.4 is 15.7 Å². The van der Waals surface area contributed by atoms with Gasteiger partial charge < -0.3 is 19.2 Å². The lowest BCUT2D eigenvalue weighted by Crippen LogP contribution is -2.44. The number of alkyl carbamates (subject to hydrolysis) is 1. The molecule has 1 N–H and O–H groups in total. The number of rotatable bonds is 4. The van der Waals surface area contributed by atoms with Gasteiger partial charge in [0.15, 0.2) is 0 Å². The lowest BCUT2D eigenvalue weighted by atomic mass is 10.0. The van der Waals surface area contributed by atoms with Crippen LogP contribution in [-0.2, 0) is 9.53 Å². The van der Waals surface area contributed by atoms with Crippen molar-refractivity contribution in [3.63, 3.8) is 0 Å². The Labute approximate surface area is 164 Å². The summed E-state index contributed by atoms with van der Waals surface area (Å²) in [5.74, 6) is -0.336. The molecule has 1 aromatic heterocycles. The minimum absolute atomic E-state index is 0.286. The summed E-state index contributed by atoms with van der Waals surface area (Å²) in [6.45, 7) is 12.2. The Morgan fingerprint density at radius 3 is 2.36 bits per heavy atom. The van der Waals surface area contributed by atoms with Gasteiger partial charge in [-0.1, -0.05) is 6.92 Å². The number of amides is 1. The summed E-state index contributed by atoms with van der Waals surface area (Å²) in [5.41, 5.74) is 1.16. The van der Waals surface area contributed by atoms with E-state index in [1.807, 2.05) is 6.92 Å². The first-order valence-electron chi connectivity index (χ1n) is 9.18. The minimum Gasteiger partial charge on any atom is -0.444 e. The van der Waals surface area contributed by atoms with Crippen LogP contribution in [0.2, 0.25) is 0 Å². The molecule has 152 valence electrons. The average Bonchev–Trinajstić information content (AvgIpc) is 2.55. The predicted octanol–water partition coefficient (Wildman–Crippen LogP) is 3.93. The molecule has 1 amide bonds. The molecular formula is C21H27NO6. The molecule has 0 unspecified atom stereocenters. The molecule has 0 fully saturated rings. The van der Waals surface area contributed by atoms with Gasteiger partial charge in [-0.2, -0.15) is 0 Å². The minimum atomic E-state index is -0.873. The van der Waals surface area contributed by atoms with E-state index >= 15 is 0 Å². The number of carbonyl (C=O) groups is 2. The van der Waals surface area contributed by atoms with E-state index < -0.39 is 29.3 Å². The molecule has 7 nitrogen and oxygen atoms in total. The largest absolute Gasteiger partial charge is 0.444 e. The van der Waals surface area contributed by atoms with Gasteiger partial charge >= 0.3 is 17.7 Å². The van der Waals surface area contributed by atoms with Crippen molar-refractivity contribution in [1.82, 2.24) is 5.32 Å². The zero-order chi connectivity index (χ0) is 21.2. The van der Waals surface area contributed by atoms with Crippen LogP contribution >= 0.6 is 0 Å². The van der Waals surface area contributed by atoms with Gasteiger partial charge in [0.1, 0.15) is 23.0 Å². The van der Waals surface area contributed by atoms with E-state index in [0.29, 0.717) is 28.5 Å². The molecule has 0 aliphatic carbocycles. The zero-order valence-corrected chi connectivity index (χ0v) is 17.4. The van der Waals surface area contributed by atoms with E-state index in [0.717, 1.165) is 5.56 Å². The Morgan fingerprint density at radius 1 is 1.14 bits per heavy atom. The molecule has 0 saturated carbocycles. The van der Waals surface area contributed by atoms with E-state index in [-0.39, 0.29) is 5.75 Å². The normalized spacial score (nSPS) is 12.5. The quantitative estimate of drug-likeness (QED) is 0.484. The van der Waals surface area contributed by atoms with Crippen molar-refractivity contribution < 1.29 is 23.5 Å². The van der Waals surface area contributed by atoms with Crippen LogP contribution in [0.1, 0.15) is 50.8 Å². The highest BCUT2D eigenvalue weighted by molar-refractivity contribution is 5.92. The summed E-state index contributed by atoms with van der Waals surface area (Å²) >= 11 is 0. The molecule has 1 aromatic carbocycles. The number of hydrogen-bond acceptors (Lipinski definition) is 6. The standard InChI is InChI=1S/C21H27NO6/c1-8-14(22-20(25)28-21(5,6)7)19(24)27-16-10-11(2)9-15-17(16)12(3)13(4)18(23)26-15/h9-10,14H,8H2,1-7H3,(H,22,25)/t14-/m0/s1. The van der Waals surface area contributed by atoms with Crippen LogP contribution in [0.3, 0.4) is 0 Å². The number of esters is 1. The van der Waals surface area contributed by atoms with Crippen LogP contribution in [-0.4, -0.2) is 23.7 Å². The van der Waals surface area contributed by atoms with Gasteiger partial charge in [-0.05, 0) is 71.2 Å². The van der Waals surface area contributed by atoms with Crippen LogP contribution in [0.5, 0.6) is 5.75 Å². The zero-order valence-electron chi connectivity index (χ0n) is 17.4. The molecule has 7 heteroatoms. The lowest BCUT2D eigenvalue weighted by Gasteiger charge is -2.22. The number of nitrogens with one attached hydrogen (secondary N) is 1. The molecule has 0 radical (unpaired) electrons. The summed E-state index contributed by atoms with van der Waals surface area (Å²) in [4.78, 5) is 36.6. The molecule has 0 aliphatic rings. The lowest BCUT2D eigenvalue weighted by molar-refractivity contribution is -0.136. The Hall–Kier alpha value is -2.83. The van der Waals surface area contributed by atoms with Crippen molar-refractivity contribution in [2.45, 2.75) is 66.5 Å². The molecule has 28 heavy (non-hydrogen) atoms. The maximum Gasteiger partial charge on any atom is 0.408 e. The fraction of sp³-hybridized carbons (Fsp3) is 0.476. The predicted molar refractivity (Wildman–Crippen MR) is 106 cm³/mol. The molecule has 0 spiro atoms. The molecule has 0 bridgehead atoms. The fourth-order valence-electron chi connectivity index (χ4n) is 2.73. The van der Waals surface area contributed by atoms with Crippen molar-refractivity contribution in [2.75, 3.05) is 0 Å². The first-order valence-corrected chi connectivity index (χ1v) is 9.18. The Bertz CT molecular complexity index is 967. The van der Waals surface area contributed by atoms with E-state index in [4.69, 9.17) is 13.9 Å². The summed E-state index contributed by atoms with van der Waals surface area (Å²) in [7, 11) is 0. The molecule has 0 saturated heterocycles. The smallest absolute Gasteiger partial charge is 0.408 e. The van der Waals surface area contributed by atoms with E-state index in [9.17, 15) is 14.4 Å². The molecular weight excluding hydrogens is 362 g/mol. The SMILES string of the molecule is CC[C@H](NC(=O)OC(C)(C)C)C(=O)Oc1cc(C)cc2oc(=O)c(C)c(C)c12. The summed E-state index contributed by atoms with van der Waals surface area (Å²) < 4.78 is 16.1. The third-order valence-corrected chi connectivity index (χ3v) is 4.25. The number of benzene rings is 1. The van der Waals surface area contributed by atoms with Crippen LogP contribution in [0.15, 0.2) is 21.3 Å². The van der Waals surface area contributed by atoms with Crippen molar-refractivity contribution in [3.05, 3.63) is 39.2 Å².